The van der Waals surface area contributed by atoms with Gasteiger partial charge in [-0.25, -0.2) is 4.39 Å². The summed E-state index contributed by atoms with van der Waals surface area (Å²) < 4.78 is 13.0. The Bertz CT molecular complexity index is 609. The van der Waals surface area contributed by atoms with Crippen LogP contribution in [0.3, 0.4) is 0 Å². The van der Waals surface area contributed by atoms with Gasteiger partial charge in [-0.2, -0.15) is 11.8 Å². The average molecular weight is 303 g/mol. The first kappa shape index (κ1) is 14.4. The molecule has 1 saturated heterocycles. The zero-order chi connectivity index (χ0) is 14.7. The molecule has 3 rings (SSSR count). The van der Waals surface area contributed by atoms with E-state index in [1.54, 1.807) is 18.2 Å². The topological polar surface area (TPSA) is 23.5 Å². The minimum atomic E-state index is -0.233. The number of phenolic OH excluding ortho intramolecular Hbond substituents is 1. The lowest BCUT2D eigenvalue weighted by Gasteiger charge is -2.26. The summed E-state index contributed by atoms with van der Waals surface area (Å²) in [6.45, 7) is 2.89. The maximum absolute atomic E-state index is 13.0. The lowest BCUT2D eigenvalue weighted by molar-refractivity contribution is 0.289. The van der Waals surface area contributed by atoms with E-state index < -0.39 is 0 Å². The van der Waals surface area contributed by atoms with E-state index >= 15 is 0 Å². The van der Waals surface area contributed by atoms with E-state index in [1.165, 1.54) is 12.1 Å². The minimum Gasteiger partial charge on any atom is -0.508 e. The Hall–Kier alpha value is -1.52. The molecule has 21 heavy (non-hydrogen) atoms. The maximum atomic E-state index is 13.0. The van der Waals surface area contributed by atoms with Crippen molar-refractivity contribution in [2.75, 3.05) is 24.6 Å². The van der Waals surface area contributed by atoms with Crippen molar-refractivity contribution in [1.29, 1.82) is 0 Å². The van der Waals surface area contributed by atoms with E-state index in [2.05, 4.69) is 4.90 Å². The van der Waals surface area contributed by atoms with Crippen molar-refractivity contribution < 1.29 is 9.50 Å². The van der Waals surface area contributed by atoms with Gasteiger partial charge < -0.3 is 5.11 Å². The van der Waals surface area contributed by atoms with Crippen molar-refractivity contribution in [2.24, 2.45) is 0 Å². The number of hydrogen-bond donors (Lipinski definition) is 1. The standard InChI is InChI=1S/C17H18FNOS/c18-16-4-1-13(2-5-16)14-3-6-17(20)15(11-14)12-19-7-9-21-10-8-19/h1-6,11,20H,7-10,12H2. The molecule has 0 aromatic heterocycles. The van der Waals surface area contributed by atoms with E-state index in [4.69, 9.17) is 0 Å². The Morgan fingerprint density at radius 3 is 2.38 bits per heavy atom. The predicted octanol–water partition coefficient (Wildman–Crippen LogP) is 3.75. The van der Waals surface area contributed by atoms with Gasteiger partial charge in [-0.15, -0.1) is 0 Å². The van der Waals surface area contributed by atoms with Gasteiger partial charge in [0.1, 0.15) is 11.6 Å². The minimum absolute atomic E-state index is 0.233. The van der Waals surface area contributed by atoms with Crippen LogP contribution in [0.25, 0.3) is 11.1 Å². The fraction of sp³-hybridized carbons (Fsp3) is 0.294. The van der Waals surface area contributed by atoms with Crippen molar-refractivity contribution in [2.45, 2.75) is 6.54 Å². The fourth-order valence-corrected chi connectivity index (χ4v) is 3.51. The van der Waals surface area contributed by atoms with Crippen LogP contribution in [0, 0.1) is 5.82 Å². The SMILES string of the molecule is Oc1ccc(-c2ccc(F)cc2)cc1CN1CCSCC1. The van der Waals surface area contributed by atoms with Crippen molar-refractivity contribution >= 4 is 11.8 Å². The zero-order valence-electron chi connectivity index (χ0n) is 11.8. The molecule has 0 amide bonds. The molecule has 1 fully saturated rings. The van der Waals surface area contributed by atoms with Gasteiger partial charge in [0.05, 0.1) is 0 Å². The summed E-state index contributed by atoms with van der Waals surface area (Å²) in [6.07, 6.45) is 0. The second kappa shape index (κ2) is 6.50. The smallest absolute Gasteiger partial charge is 0.123 e. The maximum Gasteiger partial charge on any atom is 0.123 e. The number of hydrogen-bond acceptors (Lipinski definition) is 3. The van der Waals surface area contributed by atoms with Crippen molar-refractivity contribution in [3.05, 3.63) is 53.8 Å². The first-order chi connectivity index (χ1) is 10.2. The molecule has 0 saturated carbocycles. The van der Waals surface area contributed by atoms with Crippen LogP contribution in [0.4, 0.5) is 4.39 Å². The summed E-state index contributed by atoms with van der Waals surface area (Å²) in [5.74, 6) is 2.40. The number of thioether (sulfide) groups is 1. The van der Waals surface area contributed by atoms with Crippen LogP contribution >= 0.6 is 11.8 Å². The van der Waals surface area contributed by atoms with Crippen LogP contribution in [0.2, 0.25) is 0 Å². The van der Waals surface area contributed by atoms with Gasteiger partial charge in [0.2, 0.25) is 0 Å². The number of aromatic hydroxyl groups is 1. The molecule has 1 N–H and O–H groups in total. The number of benzene rings is 2. The van der Waals surface area contributed by atoms with Crippen LogP contribution in [0.5, 0.6) is 5.75 Å². The van der Waals surface area contributed by atoms with Gasteiger partial charge in [0.25, 0.3) is 0 Å². The molecular formula is C17H18FNOS. The molecule has 2 nitrogen and oxygen atoms in total. The van der Waals surface area contributed by atoms with Gasteiger partial charge in [-0.05, 0) is 35.4 Å². The highest BCUT2D eigenvalue weighted by molar-refractivity contribution is 7.99. The number of rotatable bonds is 3. The Balaban J connectivity index is 1.83. The van der Waals surface area contributed by atoms with Crippen LogP contribution < -0.4 is 0 Å². The zero-order valence-corrected chi connectivity index (χ0v) is 12.6. The predicted molar refractivity (Wildman–Crippen MR) is 86.1 cm³/mol. The van der Waals surface area contributed by atoms with Crippen LogP contribution in [0.15, 0.2) is 42.5 Å². The summed E-state index contributed by atoms with van der Waals surface area (Å²) in [5, 5.41) is 10.1. The van der Waals surface area contributed by atoms with Crippen molar-refractivity contribution in [3.63, 3.8) is 0 Å². The highest BCUT2D eigenvalue weighted by Crippen LogP contribution is 2.27. The first-order valence-electron chi connectivity index (χ1n) is 7.10. The monoisotopic (exact) mass is 303 g/mol. The number of nitrogens with zero attached hydrogens (tertiary/aromatic N) is 1. The molecule has 1 aliphatic rings. The van der Waals surface area contributed by atoms with Gasteiger partial charge in [0.15, 0.2) is 0 Å². The molecule has 0 unspecified atom stereocenters. The Kier molecular flexibility index (Phi) is 4.46. The molecule has 0 atom stereocenters. The third-order valence-corrected chi connectivity index (χ3v) is 4.70. The van der Waals surface area contributed by atoms with Gasteiger partial charge in [0, 0.05) is 36.7 Å². The molecule has 1 aliphatic heterocycles. The van der Waals surface area contributed by atoms with Crippen molar-refractivity contribution in [3.8, 4) is 16.9 Å². The molecule has 2 aromatic carbocycles. The Morgan fingerprint density at radius 2 is 1.67 bits per heavy atom. The lowest BCUT2D eigenvalue weighted by Crippen LogP contribution is -2.31. The van der Waals surface area contributed by atoms with E-state index in [0.29, 0.717) is 5.75 Å². The third kappa shape index (κ3) is 3.57. The van der Waals surface area contributed by atoms with Gasteiger partial charge in [-0.1, -0.05) is 18.2 Å². The van der Waals surface area contributed by atoms with E-state index in [0.717, 1.165) is 47.8 Å². The van der Waals surface area contributed by atoms with Crippen LogP contribution in [0.1, 0.15) is 5.56 Å². The summed E-state index contributed by atoms with van der Waals surface area (Å²) in [6, 6.07) is 12.1. The normalized spacial score (nSPS) is 16.0. The molecule has 0 aliphatic carbocycles. The Labute approximate surface area is 128 Å². The number of halogens is 1. The van der Waals surface area contributed by atoms with Crippen LogP contribution in [-0.2, 0) is 6.54 Å². The fourth-order valence-electron chi connectivity index (χ4n) is 2.53. The molecule has 0 radical (unpaired) electrons. The summed E-state index contributed by atoms with van der Waals surface area (Å²) in [5.41, 5.74) is 2.91. The Morgan fingerprint density at radius 1 is 1.00 bits per heavy atom. The summed E-state index contributed by atoms with van der Waals surface area (Å²) in [4.78, 5) is 2.36. The summed E-state index contributed by atoms with van der Waals surface area (Å²) in [7, 11) is 0. The molecule has 110 valence electrons. The second-order valence-electron chi connectivity index (χ2n) is 5.24. The first-order valence-corrected chi connectivity index (χ1v) is 8.26. The highest BCUT2D eigenvalue weighted by Gasteiger charge is 2.13. The third-order valence-electron chi connectivity index (χ3n) is 3.75. The highest BCUT2D eigenvalue weighted by atomic mass is 32.2. The molecule has 4 heteroatoms. The van der Waals surface area contributed by atoms with Crippen LogP contribution in [-0.4, -0.2) is 34.6 Å². The molecular weight excluding hydrogens is 285 g/mol. The van der Waals surface area contributed by atoms with Gasteiger partial charge in [-0.3, -0.25) is 4.90 Å². The summed E-state index contributed by atoms with van der Waals surface area (Å²) >= 11 is 1.98. The molecule has 0 spiro atoms. The van der Waals surface area contributed by atoms with E-state index in [1.807, 2.05) is 23.9 Å². The lowest BCUT2D eigenvalue weighted by atomic mass is 10.0. The quantitative estimate of drug-likeness (QED) is 0.934. The second-order valence-corrected chi connectivity index (χ2v) is 6.46. The van der Waals surface area contributed by atoms with E-state index in [-0.39, 0.29) is 5.82 Å². The largest absolute Gasteiger partial charge is 0.508 e. The molecule has 1 heterocycles. The molecule has 0 bridgehead atoms. The number of phenols is 1. The van der Waals surface area contributed by atoms with Crippen molar-refractivity contribution in [1.82, 2.24) is 4.90 Å². The average Bonchev–Trinajstić information content (AvgIpc) is 2.51. The van der Waals surface area contributed by atoms with Gasteiger partial charge >= 0.3 is 0 Å². The van der Waals surface area contributed by atoms with E-state index in [9.17, 15) is 9.50 Å². The molecule has 2 aromatic rings.